The predicted octanol–water partition coefficient (Wildman–Crippen LogP) is 0.831. The maximum Gasteiger partial charge on any atom is 0.253 e. The van der Waals surface area contributed by atoms with Crippen LogP contribution in [-0.2, 0) is 18.3 Å². The summed E-state index contributed by atoms with van der Waals surface area (Å²) in [4.78, 5) is 24.5. The third-order valence-corrected chi connectivity index (χ3v) is 6.40. The minimum absolute atomic E-state index is 0.0374. The first-order valence-electron chi connectivity index (χ1n) is 10.0. The zero-order valence-electron chi connectivity index (χ0n) is 16.3. The number of carbonyl (C=O) groups excluding carboxylic acids is 1. The van der Waals surface area contributed by atoms with E-state index < -0.39 is 0 Å². The van der Waals surface area contributed by atoms with Gasteiger partial charge in [0, 0.05) is 58.1 Å². The molecule has 0 aliphatic carbocycles. The van der Waals surface area contributed by atoms with Crippen LogP contribution in [-0.4, -0.2) is 87.7 Å². The fraction of sp³-hybridized carbons (Fsp3) is 0.524. The van der Waals surface area contributed by atoms with Crippen LogP contribution in [0.25, 0.3) is 0 Å². The quantitative estimate of drug-likeness (QED) is 0.788. The number of nitrogens with zero attached hydrogens (tertiary/aromatic N) is 5. The van der Waals surface area contributed by atoms with Crippen LogP contribution < -0.4 is 0 Å². The number of aryl methyl sites for hydroxylation is 1. The fourth-order valence-electron chi connectivity index (χ4n) is 5.06. The Morgan fingerprint density at radius 2 is 2.07 bits per heavy atom. The predicted molar refractivity (Wildman–Crippen MR) is 105 cm³/mol. The van der Waals surface area contributed by atoms with Gasteiger partial charge in [-0.1, -0.05) is 18.2 Å². The standard InChI is InChI=1S/C21H27N5O2/c1-23-16-22-9-18(23)10-24-13-21(14-24)15-25(11-19-12-28-8-7-26(19)21)20(27)17-5-3-2-4-6-17/h2-6,9,16,19H,7-8,10-15H2,1H3/t19-/m1/s1. The number of hydrogen-bond acceptors (Lipinski definition) is 5. The molecule has 3 fully saturated rings. The number of fused-ring (bicyclic) bond motifs is 2. The molecule has 1 atom stereocenters. The maximum absolute atomic E-state index is 13.1. The van der Waals surface area contributed by atoms with Crippen molar-refractivity contribution < 1.29 is 9.53 Å². The van der Waals surface area contributed by atoms with E-state index in [1.807, 2.05) is 54.8 Å². The molecule has 0 unspecified atom stereocenters. The molecular weight excluding hydrogens is 354 g/mol. The first-order valence-corrected chi connectivity index (χ1v) is 10.0. The topological polar surface area (TPSA) is 53.8 Å². The molecule has 7 nitrogen and oxygen atoms in total. The van der Waals surface area contributed by atoms with Gasteiger partial charge in [0.15, 0.2) is 0 Å². The van der Waals surface area contributed by atoms with E-state index in [4.69, 9.17) is 4.74 Å². The van der Waals surface area contributed by atoms with E-state index in [-0.39, 0.29) is 17.5 Å². The van der Waals surface area contributed by atoms with Crippen molar-refractivity contribution in [1.82, 2.24) is 24.3 Å². The van der Waals surface area contributed by atoms with Gasteiger partial charge in [0.05, 0.1) is 36.8 Å². The summed E-state index contributed by atoms with van der Waals surface area (Å²) in [7, 11) is 2.04. The van der Waals surface area contributed by atoms with Crippen LogP contribution in [0.3, 0.4) is 0 Å². The Labute approximate surface area is 165 Å². The van der Waals surface area contributed by atoms with E-state index in [0.717, 1.165) is 51.4 Å². The summed E-state index contributed by atoms with van der Waals surface area (Å²) in [6.45, 7) is 6.85. The Balaban J connectivity index is 1.34. The Morgan fingerprint density at radius 3 is 2.82 bits per heavy atom. The summed E-state index contributed by atoms with van der Waals surface area (Å²) < 4.78 is 7.84. The van der Waals surface area contributed by atoms with Gasteiger partial charge in [0.1, 0.15) is 0 Å². The lowest BCUT2D eigenvalue weighted by Gasteiger charge is -2.63. The molecule has 0 saturated carbocycles. The third-order valence-electron chi connectivity index (χ3n) is 6.40. The number of carbonyl (C=O) groups is 1. The van der Waals surface area contributed by atoms with E-state index in [1.54, 1.807) is 0 Å². The molecule has 0 radical (unpaired) electrons. The van der Waals surface area contributed by atoms with Gasteiger partial charge in [0.25, 0.3) is 5.91 Å². The Bertz CT molecular complexity index is 845. The molecule has 2 aromatic rings. The third kappa shape index (κ3) is 3.03. The van der Waals surface area contributed by atoms with Crippen LogP contribution in [0.4, 0.5) is 0 Å². The van der Waals surface area contributed by atoms with Crippen LogP contribution in [0.15, 0.2) is 42.9 Å². The van der Waals surface area contributed by atoms with Crippen molar-refractivity contribution in [2.75, 3.05) is 45.9 Å². The SMILES string of the molecule is Cn1cncc1CN1CC2(C1)CN(C(=O)c1ccccc1)C[C@@H]1COCCN12. The van der Waals surface area contributed by atoms with Crippen molar-refractivity contribution in [1.29, 1.82) is 0 Å². The van der Waals surface area contributed by atoms with E-state index in [0.29, 0.717) is 6.61 Å². The average Bonchev–Trinajstić information content (AvgIpc) is 3.11. The molecule has 1 aromatic heterocycles. The molecule has 1 amide bonds. The van der Waals surface area contributed by atoms with Gasteiger partial charge in [-0.05, 0) is 12.1 Å². The maximum atomic E-state index is 13.1. The largest absolute Gasteiger partial charge is 0.378 e. The number of imidazole rings is 1. The summed E-state index contributed by atoms with van der Waals surface area (Å²) in [6.07, 6.45) is 3.79. The molecule has 3 saturated heterocycles. The first kappa shape index (κ1) is 17.8. The molecule has 3 aliphatic heterocycles. The normalized spacial score (nSPS) is 24.8. The van der Waals surface area contributed by atoms with Crippen LogP contribution in [0.5, 0.6) is 0 Å². The summed E-state index contributed by atoms with van der Waals surface area (Å²) in [5.41, 5.74) is 2.03. The number of benzene rings is 1. The number of aromatic nitrogens is 2. The van der Waals surface area contributed by atoms with E-state index in [1.165, 1.54) is 5.69 Å². The van der Waals surface area contributed by atoms with Crippen molar-refractivity contribution >= 4 is 5.91 Å². The lowest BCUT2D eigenvalue weighted by Crippen LogP contribution is -2.80. The Hall–Kier alpha value is -2.22. The number of likely N-dealkylation sites (tertiary alicyclic amines) is 1. The summed E-state index contributed by atoms with van der Waals surface area (Å²) in [5.74, 6) is 0.135. The van der Waals surface area contributed by atoms with Crippen LogP contribution >= 0.6 is 0 Å². The van der Waals surface area contributed by atoms with Gasteiger partial charge < -0.3 is 14.2 Å². The number of amides is 1. The lowest BCUT2D eigenvalue weighted by molar-refractivity contribution is -0.160. The second kappa shape index (κ2) is 6.99. The molecule has 5 rings (SSSR count). The highest BCUT2D eigenvalue weighted by atomic mass is 16.5. The molecule has 7 heteroatoms. The van der Waals surface area contributed by atoms with E-state index in [9.17, 15) is 4.79 Å². The smallest absolute Gasteiger partial charge is 0.253 e. The van der Waals surface area contributed by atoms with E-state index in [2.05, 4.69) is 19.4 Å². The van der Waals surface area contributed by atoms with Crippen LogP contribution in [0.2, 0.25) is 0 Å². The highest BCUT2D eigenvalue weighted by Gasteiger charge is 2.54. The number of rotatable bonds is 3. The van der Waals surface area contributed by atoms with Gasteiger partial charge in [0.2, 0.25) is 0 Å². The zero-order chi connectivity index (χ0) is 19.1. The fourth-order valence-corrected chi connectivity index (χ4v) is 5.06. The number of ether oxygens (including phenoxy) is 1. The van der Waals surface area contributed by atoms with Crippen LogP contribution in [0, 0.1) is 0 Å². The number of piperazine rings is 1. The van der Waals surface area contributed by atoms with Gasteiger partial charge in [-0.15, -0.1) is 0 Å². The summed E-state index contributed by atoms with van der Waals surface area (Å²) >= 11 is 0. The molecule has 1 spiro atoms. The minimum atomic E-state index is 0.0374. The summed E-state index contributed by atoms with van der Waals surface area (Å²) in [6, 6.07) is 9.92. The van der Waals surface area contributed by atoms with Crippen molar-refractivity contribution in [3.05, 3.63) is 54.1 Å². The van der Waals surface area contributed by atoms with Crippen molar-refractivity contribution in [2.24, 2.45) is 7.05 Å². The van der Waals surface area contributed by atoms with Crippen LogP contribution in [0.1, 0.15) is 16.1 Å². The highest BCUT2D eigenvalue weighted by molar-refractivity contribution is 5.94. The molecule has 28 heavy (non-hydrogen) atoms. The van der Waals surface area contributed by atoms with Crippen molar-refractivity contribution in [3.63, 3.8) is 0 Å². The van der Waals surface area contributed by atoms with Gasteiger partial charge in [-0.3, -0.25) is 14.6 Å². The first-order chi connectivity index (χ1) is 13.6. The average molecular weight is 381 g/mol. The van der Waals surface area contributed by atoms with E-state index >= 15 is 0 Å². The minimum Gasteiger partial charge on any atom is -0.378 e. The highest BCUT2D eigenvalue weighted by Crippen LogP contribution is 2.36. The lowest BCUT2D eigenvalue weighted by atomic mass is 9.82. The van der Waals surface area contributed by atoms with Gasteiger partial charge in [-0.25, -0.2) is 4.98 Å². The number of hydrogen-bond donors (Lipinski definition) is 0. The molecular formula is C21H27N5O2. The Morgan fingerprint density at radius 1 is 1.25 bits per heavy atom. The zero-order valence-corrected chi connectivity index (χ0v) is 16.3. The van der Waals surface area contributed by atoms with Crippen molar-refractivity contribution in [2.45, 2.75) is 18.1 Å². The molecule has 3 aliphatic rings. The van der Waals surface area contributed by atoms with Gasteiger partial charge in [-0.2, -0.15) is 0 Å². The molecule has 4 heterocycles. The molecule has 0 bridgehead atoms. The Kier molecular flexibility index (Phi) is 4.45. The molecule has 1 aromatic carbocycles. The number of morpholine rings is 1. The second-order valence-electron chi connectivity index (χ2n) is 8.34. The monoisotopic (exact) mass is 381 g/mol. The second-order valence-corrected chi connectivity index (χ2v) is 8.34. The van der Waals surface area contributed by atoms with Crippen molar-refractivity contribution in [3.8, 4) is 0 Å². The molecule has 148 valence electrons. The van der Waals surface area contributed by atoms with Gasteiger partial charge >= 0.3 is 0 Å². The molecule has 0 N–H and O–H groups in total. The summed E-state index contributed by atoms with van der Waals surface area (Å²) in [5, 5.41) is 0.